The molecule has 1 heterocycles. The fourth-order valence-corrected chi connectivity index (χ4v) is 2.79. The molecule has 2 unspecified atom stereocenters. The minimum Gasteiger partial charge on any atom is -0.381 e. The lowest BCUT2D eigenvalue weighted by Crippen LogP contribution is -2.57. The molecule has 2 atom stereocenters. The lowest BCUT2D eigenvalue weighted by atomic mass is 9.64. The first kappa shape index (κ1) is 13.6. The minimum atomic E-state index is 0.108. The second-order valence-corrected chi connectivity index (χ2v) is 5.68. The van der Waals surface area contributed by atoms with Crippen LogP contribution in [0.1, 0.15) is 32.8 Å². The molecule has 1 saturated carbocycles. The van der Waals surface area contributed by atoms with Gasteiger partial charge in [-0.3, -0.25) is 0 Å². The van der Waals surface area contributed by atoms with Gasteiger partial charge in [0, 0.05) is 24.1 Å². The Hall–Kier alpha value is -0.870. The van der Waals surface area contributed by atoms with Crippen molar-refractivity contribution in [2.45, 2.75) is 45.8 Å². The predicted octanol–water partition coefficient (Wildman–Crippen LogP) is 2.92. The van der Waals surface area contributed by atoms with E-state index >= 15 is 0 Å². The normalized spacial score (nSPS) is 25.6. The van der Waals surface area contributed by atoms with Gasteiger partial charge in [0.1, 0.15) is 17.3 Å². The van der Waals surface area contributed by atoms with E-state index in [2.05, 4.69) is 36.1 Å². The van der Waals surface area contributed by atoms with Crippen LogP contribution in [0, 0.1) is 5.41 Å². The van der Waals surface area contributed by atoms with Crippen LogP contribution in [0.15, 0.2) is 6.33 Å². The number of ether oxygens (including phenoxy) is 1. The maximum absolute atomic E-state index is 6.09. The summed E-state index contributed by atoms with van der Waals surface area (Å²) in [5, 5.41) is 4.02. The highest BCUT2D eigenvalue weighted by Gasteiger charge is 2.48. The van der Waals surface area contributed by atoms with Crippen LogP contribution in [0.3, 0.4) is 0 Å². The molecule has 0 aliphatic heterocycles. The Balaban J connectivity index is 2.14. The van der Waals surface area contributed by atoms with E-state index in [1.165, 1.54) is 6.33 Å². The van der Waals surface area contributed by atoms with Crippen molar-refractivity contribution in [3.63, 3.8) is 0 Å². The lowest BCUT2D eigenvalue weighted by molar-refractivity contribution is -0.0795. The van der Waals surface area contributed by atoms with Crippen LogP contribution >= 0.6 is 11.6 Å². The summed E-state index contributed by atoms with van der Waals surface area (Å²) < 4.78 is 5.45. The van der Waals surface area contributed by atoms with Gasteiger partial charge in [0.05, 0.1) is 6.10 Å². The van der Waals surface area contributed by atoms with Crippen LogP contribution < -0.4 is 5.32 Å². The molecule has 0 amide bonds. The average molecular weight is 270 g/mol. The summed E-state index contributed by atoms with van der Waals surface area (Å²) in [6.07, 6.45) is 3.62. The molecule has 5 heteroatoms. The van der Waals surface area contributed by atoms with Crippen LogP contribution in [0.25, 0.3) is 0 Å². The molecule has 0 aromatic carbocycles. The van der Waals surface area contributed by atoms with Crippen molar-refractivity contribution in [1.29, 1.82) is 0 Å². The Kier molecular flexibility index (Phi) is 3.78. The zero-order valence-electron chi connectivity index (χ0n) is 11.3. The molecular formula is C13H20ClN3O. The highest BCUT2D eigenvalue weighted by atomic mass is 35.5. The third-order valence-electron chi connectivity index (χ3n) is 4.02. The van der Waals surface area contributed by atoms with Gasteiger partial charge in [0.15, 0.2) is 0 Å². The molecule has 0 saturated heterocycles. The van der Waals surface area contributed by atoms with E-state index in [0.29, 0.717) is 17.3 Å². The first-order chi connectivity index (χ1) is 8.50. The largest absolute Gasteiger partial charge is 0.381 e. The number of nitrogens with zero attached hydrogens (tertiary/aromatic N) is 2. The highest BCUT2D eigenvalue weighted by molar-refractivity contribution is 6.30. The number of aromatic nitrogens is 2. The first-order valence-electron chi connectivity index (χ1n) is 6.29. The standard InChI is InChI=1S/C13H20ClN3O/c1-5-8-11(14)15-7-16-12(8)17-9-6-10(18-4)13(9,2)3/h7,9-10H,5-6H2,1-4H3,(H,15,16,17). The number of rotatable bonds is 4. The van der Waals surface area contributed by atoms with Gasteiger partial charge in [-0.15, -0.1) is 0 Å². The first-order valence-corrected chi connectivity index (χ1v) is 6.67. The molecule has 100 valence electrons. The van der Waals surface area contributed by atoms with Crippen LogP contribution in [0.2, 0.25) is 5.15 Å². The molecule has 4 nitrogen and oxygen atoms in total. The summed E-state index contributed by atoms with van der Waals surface area (Å²) in [5.41, 5.74) is 1.09. The molecule has 1 aliphatic rings. The molecule has 0 radical (unpaired) electrons. The van der Waals surface area contributed by atoms with E-state index in [0.717, 1.165) is 24.2 Å². The zero-order valence-corrected chi connectivity index (χ0v) is 12.1. The molecular weight excluding hydrogens is 250 g/mol. The highest BCUT2D eigenvalue weighted by Crippen LogP contribution is 2.44. The molecule has 1 N–H and O–H groups in total. The van der Waals surface area contributed by atoms with E-state index < -0.39 is 0 Å². The van der Waals surface area contributed by atoms with E-state index in [9.17, 15) is 0 Å². The molecule has 0 bridgehead atoms. The van der Waals surface area contributed by atoms with Gasteiger partial charge in [-0.25, -0.2) is 9.97 Å². The SMILES string of the molecule is CCc1c(Cl)ncnc1NC1CC(OC)C1(C)C. The molecule has 2 rings (SSSR count). The molecule has 1 aromatic rings. The van der Waals surface area contributed by atoms with Crippen molar-refractivity contribution < 1.29 is 4.74 Å². The Morgan fingerprint density at radius 2 is 2.22 bits per heavy atom. The summed E-state index contributed by atoms with van der Waals surface area (Å²) in [7, 11) is 1.77. The zero-order chi connectivity index (χ0) is 13.3. The van der Waals surface area contributed by atoms with Crippen molar-refractivity contribution in [3.8, 4) is 0 Å². The van der Waals surface area contributed by atoms with Gasteiger partial charge in [-0.2, -0.15) is 0 Å². The topological polar surface area (TPSA) is 47.0 Å². The van der Waals surface area contributed by atoms with Crippen LogP contribution in [0.5, 0.6) is 0 Å². The van der Waals surface area contributed by atoms with Gasteiger partial charge < -0.3 is 10.1 Å². The molecule has 18 heavy (non-hydrogen) atoms. The summed E-state index contributed by atoms with van der Waals surface area (Å²) in [5.74, 6) is 0.852. The van der Waals surface area contributed by atoms with Crippen molar-refractivity contribution in [2.24, 2.45) is 5.41 Å². The van der Waals surface area contributed by atoms with Gasteiger partial charge in [0.25, 0.3) is 0 Å². The quantitative estimate of drug-likeness (QED) is 0.854. The predicted molar refractivity (Wildman–Crippen MR) is 73.0 cm³/mol. The number of halogens is 1. The third-order valence-corrected chi connectivity index (χ3v) is 4.35. The number of hydrogen-bond donors (Lipinski definition) is 1. The lowest BCUT2D eigenvalue weighted by Gasteiger charge is -2.51. The number of methoxy groups -OCH3 is 1. The Labute approximate surface area is 113 Å². The Morgan fingerprint density at radius 3 is 2.78 bits per heavy atom. The van der Waals surface area contributed by atoms with Crippen LogP contribution in [0.4, 0.5) is 5.82 Å². The summed E-state index contributed by atoms with van der Waals surface area (Å²) >= 11 is 6.09. The maximum Gasteiger partial charge on any atom is 0.137 e. The van der Waals surface area contributed by atoms with E-state index in [1.54, 1.807) is 7.11 Å². The maximum atomic E-state index is 6.09. The van der Waals surface area contributed by atoms with Gasteiger partial charge in [0.2, 0.25) is 0 Å². The smallest absolute Gasteiger partial charge is 0.137 e. The average Bonchev–Trinajstić information content (AvgIpc) is 2.34. The van der Waals surface area contributed by atoms with E-state index in [-0.39, 0.29) is 5.41 Å². The van der Waals surface area contributed by atoms with Crippen molar-refractivity contribution in [3.05, 3.63) is 17.0 Å². The summed E-state index contributed by atoms with van der Waals surface area (Å²) in [6, 6.07) is 0.360. The molecule has 1 fully saturated rings. The van der Waals surface area contributed by atoms with E-state index in [4.69, 9.17) is 16.3 Å². The number of anilines is 1. The molecule has 1 aliphatic carbocycles. The van der Waals surface area contributed by atoms with Gasteiger partial charge in [-0.05, 0) is 12.8 Å². The fourth-order valence-electron chi connectivity index (χ4n) is 2.52. The van der Waals surface area contributed by atoms with Crippen molar-refractivity contribution in [2.75, 3.05) is 12.4 Å². The number of nitrogens with one attached hydrogen (secondary N) is 1. The van der Waals surface area contributed by atoms with Gasteiger partial charge >= 0.3 is 0 Å². The fraction of sp³-hybridized carbons (Fsp3) is 0.692. The van der Waals surface area contributed by atoms with Crippen LogP contribution in [-0.4, -0.2) is 29.2 Å². The second kappa shape index (κ2) is 5.02. The van der Waals surface area contributed by atoms with Crippen LogP contribution in [-0.2, 0) is 11.2 Å². The third kappa shape index (κ3) is 2.19. The van der Waals surface area contributed by atoms with Gasteiger partial charge in [-0.1, -0.05) is 32.4 Å². The second-order valence-electron chi connectivity index (χ2n) is 5.32. The Bertz CT molecular complexity index is 436. The van der Waals surface area contributed by atoms with E-state index in [1.807, 2.05) is 0 Å². The van der Waals surface area contributed by atoms with Crippen molar-refractivity contribution in [1.82, 2.24) is 9.97 Å². The van der Waals surface area contributed by atoms with Crippen molar-refractivity contribution >= 4 is 17.4 Å². The molecule has 0 spiro atoms. The summed E-state index contributed by atoms with van der Waals surface area (Å²) in [6.45, 7) is 6.47. The number of hydrogen-bond acceptors (Lipinski definition) is 4. The summed E-state index contributed by atoms with van der Waals surface area (Å²) in [4.78, 5) is 8.32. The monoisotopic (exact) mass is 269 g/mol. The minimum absolute atomic E-state index is 0.108. The Morgan fingerprint density at radius 1 is 1.50 bits per heavy atom. The molecule has 1 aromatic heterocycles.